The number of ether oxygens (including phenoxy) is 2. The van der Waals surface area contributed by atoms with Gasteiger partial charge in [-0.2, -0.15) is 0 Å². The van der Waals surface area contributed by atoms with Crippen LogP contribution in [-0.2, 0) is 16.7 Å². The van der Waals surface area contributed by atoms with E-state index in [0.717, 1.165) is 60.4 Å². The number of carbonyl (C=O) groups excluding carboxylic acids is 1. The first-order chi connectivity index (χ1) is 18.8. The summed E-state index contributed by atoms with van der Waals surface area (Å²) in [5.74, 6) is 0.621. The van der Waals surface area contributed by atoms with Crippen LogP contribution in [0.4, 0.5) is 16.2 Å². The Kier molecular flexibility index (Phi) is 7.87. The second-order valence-corrected chi connectivity index (χ2v) is 11.0. The molecule has 0 unspecified atom stereocenters. The number of hydrogen-bond donors (Lipinski definition) is 2. The second kappa shape index (κ2) is 11.5. The summed E-state index contributed by atoms with van der Waals surface area (Å²) in [6, 6.07) is 26.5. The second-order valence-electron chi connectivity index (χ2n) is 11.0. The monoisotopic (exact) mass is 523 g/mol. The highest BCUT2D eigenvalue weighted by atomic mass is 16.5. The summed E-state index contributed by atoms with van der Waals surface area (Å²) in [5.41, 5.74) is 6.10. The van der Waals surface area contributed by atoms with Crippen LogP contribution in [0.1, 0.15) is 31.9 Å². The lowest BCUT2D eigenvalue weighted by Crippen LogP contribution is -2.35. The summed E-state index contributed by atoms with van der Waals surface area (Å²) in [4.78, 5) is 15.6. The number of nitrogens with zero attached hydrogens (tertiary/aromatic N) is 1. The number of urea groups is 1. The van der Waals surface area contributed by atoms with Crippen LogP contribution in [-0.4, -0.2) is 44.3 Å². The van der Waals surface area contributed by atoms with E-state index in [2.05, 4.69) is 78.8 Å². The fraction of sp³-hybridized carbons (Fsp3) is 0.303. The van der Waals surface area contributed by atoms with Crippen molar-refractivity contribution in [1.82, 2.24) is 4.90 Å². The van der Waals surface area contributed by atoms with Gasteiger partial charge >= 0.3 is 6.03 Å². The molecule has 2 N–H and O–H groups in total. The highest BCUT2D eigenvalue weighted by molar-refractivity contribution is 6.10. The first-order valence-corrected chi connectivity index (χ1v) is 13.5. The Bertz CT molecular complexity index is 1470. The topological polar surface area (TPSA) is 62.8 Å². The Balaban J connectivity index is 1.43. The van der Waals surface area contributed by atoms with Crippen molar-refractivity contribution in [2.24, 2.45) is 0 Å². The van der Waals surface area contributed by atoms with E-state index in [4.69, 9.17) is 9.47 Å². The summed E-state index contributed by atoms with van der Waals surface area (Å²) in [6.45, 7) is 10.8. The molecule has 1 aliphatic rings. The molecule has 6 nitrogen and oxygen atoms in total. The number of benzene rings is 4. The van der Waals surface area contributed by atoms with Crippen LogP contribution in [0.3, 0.4) is 0 Å². The van der Waals surface area contributed by atoms with Gasteiger partial charge in [-0.25, -0.2) is 4.79 Å². The zero-order valence-electron chi connectivity index (χ0n) is 23.2. The Morgan fingerprint density at radius 3 is 2.28 bits per heavy atom. The predicted molar refractivity (Wildman–Crippen MR) is 160 cm³/mol. The molecule has 0 spiro atoms. The minimum absolute atomic E-state index is 0.0523. The lowest BCUT2D eigenvalue weighted by Gasteiger charge is -2.27. The number of morpholine rings is 1. The highest BCUT2D eigenvalue weighted by Crippen LogP contribution is 2.36. The molecule has 4 aromatic carbocycles. The maximum absolute atomic E-state index is 13.2. The summed E-state index contributed by atoms with van der Waals surface area (Å²) in [5, 5.41) is 8.15. The molecule has 0 aliphatic carbocycles. The van der Waals surface area contributed by atoms with Gasteiger partial charge in [-0.3, -0.25) is 4.90 Å². The Morgan fingerprint density at radius 2 is 1.54 bits per heavy atom. The van der Waals surface area contributed by atoms with Gasteiger partial charge in [0.25, 0.3) is 0 Å². The number of methoxy groups -OCH3 is 1. The molecule has 1 heterocycles. The molecule has 0 radical (unpaired) electrons. The fourth-order valence-electron chi connectivity index (χ4n) is 5.11. The number of fused-ring (bicyclic) bond motifs is 1. The number of carbonyl (C=O) groups is 1. The smallest absolute Gasteiger partial charge is 0.323 e. The SMILES string of the molecule is COc1ccc(C(C)(C)C)cc1NC(=O)Nc1ccc(-c2ccccc2CN2CCOCC2)c2ccccc12. The Morgan fingerprint density at radius 1 is 0.846 bits per heavy atom. The van der Waals surface area contributed by atoms with Gasteiger partial charge in [0.2, 0.25) is 0 Å². The van der Waals surface area contributed by atoms with Crippen LogP contribution < -0.4 is 15.4 Å². The summed E-state index contributed by atoms with van der Waals surface area (Å²) < 4.78 is 11.0. The van der Waals surface area contributed by atoms with Crippen molar-refractivity contribution >= 4 is 28.2 Å². The highest BCUT2D eigenvalue weighted by Gasteiger charge is 2.19. The molecule has 5 rings (SSSR count). The normalized spacial score (nSPS) is 14.3. The van der Waals surface area contributed by atoms with Gasteiger partial charge in [0.1, 0.15) is 5.75 Å². The molecule has 0 saturated carbocycles. The van der Waals surface area contributed by atoms with Crippen molar-refractivity contribution in [1.29, 1.82) is 0 Å². The number of rotatable bonds is 6. The summed E-state index contributed by atoms with van der Waals surface area (Å²) in [6.07, 6.45) is 0. The molecule has 1 aliphatic heterocycles. The standard InChI is InChI=1S/C33H37N3O3/c1-33(2,3)24-13-16-31(38-4)30(21-24)35-32(37)34-29-15-14-27(26-11-7-8-12-28(26)29)25-10-6-5-9-23(25)22-36-17-19-39-20-18-36/h5-16,21H,17-20,22H2,1-4H3,(H2,34,35,37). The Hall–Kier alpha value is -3.87. The van der Waals surface area contributed by atoms with E-state index >= 15 is 0 Å². The Labute approximate surface area is 230 Å². The van der Waals surface area contributed by atoms with Gasteiger partial charge < -0.3 is 20.1 Å². The van der Waals surface area contributed by atoms with E-state index in [1.807, 2.05) is 36.4 Å². The van der Waals surface area contributed by atoms with E-state index in [1.54, 1.807) is 7.11 Å². The molecule has 6 heteroatoms. The van der Waals surface area contributed by atoms with Crippen molar-refractivity contribution in [2.45, 2.75) is 32.7 Å². The van der Waals surface area contributed by atoms with Crippen molar-refractivity contribution in [2.75, 3.05) is 44.0 Å². The molecule has 39 heavy (non-hydrogen) atoms. The quantitative estimate of drug-likeness (QED) is 0.279. The van der Waals surface area contributed by atoms with Crippen molar-refractivity contribution < 1.29 is 14.3 Å². The number of hydrogen-bond acceptors (Lipinski definition) is 4. The van der Waals surface area contributed by atoms with E-state index < -0.39 is 0 Å². The minimum Gasteiger partial charge on any atom is -0.495 e. The van der Waals surface area contributed by atoms with Gasteiger partial charge in [0.05, 0.1) is 31.7 Å². The molecule has 1 saturated heterocycles. The lowest BCUT2D eigenvalue weighted by molar-refractivity contribution is 0.0342. The largest absolute Gasteiger partial charge is 0.495 e. The third-order valence-electron chi connectivity index (χ3n) is 7.29. The average Bonchev–Trinajstić information content (AvgIpc) is 2.94. The minimum atomic E-state index is -0.315. The first-order valence-electron chi connectivity index (χ1n) is 13.5. The number of anilines is 2. The molecule has 202 valence electrons. The molecule has 4 aromatic rings. The average molecular weight is 524 g/mol. The maximum atomic E-state index is 13.2. The molecule has 0 bridgehead atoms. The molecule has 1 fully saturated rings. The van der Waals surface area contributed by atoms with Crippen LogP contribution in [0.5, 0.6) is 5.75 Å². The van der Waals surface area contributed by atoms with E-state index in [9.17, 15) is 4.79 Å². The third-order valence-corrected chi connectivity index (χ3v) is 7.29. The van der Waals surface area contributed by atoms with E-state index in [-0.39, 0.29) is 11.4 Å². The molecule has 0 aromatic heterocycles. The maximum Gasteiger partial charge on any atom is 0.323 e. The fourth-order valence-corrected chi connectivity index (χ4v) is 5.11. The van der Waals surface area contributed by atoms with Gasteiger partial charge in [-0.1, -0.05) is 81.4 Å². The third kappa shape index (κ3) is 6.08. The zero-order valence-corrected chi connectivity index (χ0v) is 23.2. The first kappa shape index (κ1) is 26.7. The summed E-state index contributed by atoms with van der Waals surface area (Å²) >= 11 is 0. The van der Waals surface area contributed by atoms with E-state index in [0.29, 0.717) is 11.4 Å². The number of nitrogens with one attached hydrogen (secondary N) is 2. The predicted octanol–water partition coefficient (Wildman–Crippen LogP) is 7.29. The van der Waals surface area contributed by atoms with E-state index in [1.165, 1.54) is 11.1 Å². The van der Waals surface area contributed by atoms with Gasteiger partial charge in [0.15, 0.2) is 0 Å². The van der Waals surface area contributed by atoms with Crippen molar-refractivity contribution in [3.8, 4) is 16.9 Å². The van der Waals surface area contributed by atoms with Gasteiger partial charge in [-0.05, 0) is 51.3 Å². The molecule has 0 atom stereocenters. The van der Waals surface area contributed by atoms with Crippen LogP contribution in [0.2, 0.25) is 0 Å². The van der Waals surface area contributed by atoms with Crippen LogP contribution in [0, 0.1) is 0 Å². The van der Waals surface area contributed by atoms with Crippen LogP contribution in [0.15, 0.2) is 78.9 Å². The summed E-state index contributed by atoms with van der Waals surface area (Å²) in [7, 11) is 1.61. The molecule has 2 amide bonds. The molecular weight excluding hydrogens is 486 g/mol. The van der Waals surface area contributed by atoms with Gasteiger partial charge in [-0.15, -0.1) is 0 Å². The lowest BCUT2D eigenvalue weighted by atomic mass is 9.87. The van der Waals surface area contributed by atoms with Crippen molar-refractivity contribution in [3.05, 3.63) is 90.0 Å². The van der Waals surface area contributed by atoms with Gasteiger partial charge in [0, 0.05) is 25.0 Å². The number of amides is 2. The van der Waals surface area contributed by atoms with Crippen molar-refractivity contribution in [3.63, 3.8) is 0 Å². The van der Waals surface area contributed by atoms with Crippen LogP contribution in [0.25, 0.3) is 21.9 Å². The zero-order chi connectivity index (χ0) is 27.4. The molecular formula is C33H37N3O3. The van der Waals surface area contributed by atoms with Crippen LogP contribution >= 0.6 is 0 Å².